The number of rotatable bonds is 6. The number of H-pyrrole nitrogens is 1. The van der Waals surface area contributed by atoms with Crippen LogP contribution in [0.2, 0.25) is 0 Å². The molecule has 0 aliphatic carbocycles. The van der Waals surface area contributed by atoms with E-state index in [4.69, 9.17) is 10.8 Å². The number of carbonyl (C=O) groups excluding carboxylic acids is 1. The SMILES string of the molecule is NC(=O)c1cc(-c2csc(CCCO)c2)cc2c(C3CCS(O)(O)CC3)c[nH]c12. The molecule has 0 spiro atoms. The van der Waals surface area contributed by atoms with E-state index in [0.717, 1.165) is 53.3 Å². The number of thiophene rings is 1. The molecule has 3 heterocycles. The van der Waals surface area contributed by atoms with Gasteiger partial charge in [0, 0.05) is 34.6 Å². The van der Waals surface area contributed by atoms with Gasteiger partial charge in [0.05, 0.1) is 11.1 Å². The zero-order valence-corrected chi connectivity index (χ0v) is 17.7. The number of amides is 1. The molecule has 8 heteroatoms. The largest absolute Gasteiger partial charge is 0.396 e. The van der Waals surface area contributed by atoms with Gasteiger partial charge in [0.2, 0.25) is 0 Å². The van der Waals surface area contributed by atoms with Gasteiger partial charge in [0.15, 0.2) is 0 Å². The molecule has 1 aromatic carbocycles. The third-order valence-corrected chi connectivity index (χ3v) is 8.46. The quantitative estimate of drug-likeness (QED) is 0.391. The van der Waals surface area contributed by atoms with Crippen molar-refractivity contribution in [3.05, 3.63) is 45.8 Å². The molecule has 1 fully saturated rings. The Morgan fingerprint density at radius 2 is 1.97 bits per heavy atom. The molecule has 1 aliphatic heterocycles. The lowest BCUT2D eigenvalue weighted by atomic mass is 9.91. The Labute approximate surface area is 175 Å². The lowest BCUT2D eigenvalue weighted by molar-refractivity contribution is 0.100. The van der Waals surface area contributed by atoms with Gasteiger partial charge >= 0.3 is 0 Å². The summed E-state index contributed by atoms with van der Waals surface area (Å²) >= 11 is 1.65. The van der Waals surface area contributed by atoms with Crippen molar-refractivity contribution < 1.29 is 19.0 Å². The maximum Gasteiger partial charge on any atom is 0.250 e. The van der Waals surface area contributed by atoms with Crippen LogP contribution in [0.25, 0.3) is 22.0 Å². The van der Waals surface area contributed by atoms with Crippen molar-refractivity contribution in [3.8, 4) is 11.1 Å². The van der Waals surface area contributed by atoms with E-state index in [1.165, 1.54) is 4.88 Å². The van der Waals surface area contributed by atoms with E-state index in [9.17, 15) is 13.9 Å². The fraction of sp³-hybridized carbons (Fsp3) is 0.381. The van der Waals surface area contributed by atoms with Gasteiger partial charge in [-0.1, -0.05) is 0 Å². The molecule has 1 saturated heterocycles. The maximum absolute atomic E-state index is 12.1. The van der Waals surface area contributed by atoms with Crippen LogP contribution in [0.4, 0.5) is 0 Å². The molecule has 0 unspecified atom stereocenters. The number of aromatic nitrogens is 1. The summed E-state index contributed by atoms with van der Waals surface area (Å²) in [6, 6.07) is 6.03. The first-order valence-corrected chi connectivity index (χ1v) is 12.5. The number of hydrogen-bond acceptors (Lipinski definition) is 5. The van der Waals surface area contributed by atoms with Crippen molar-refractivity contribution in [1.82, 2.24) is 4.98 Å². The number of hydrogen-bond donors (Lipinski definition) is 5. The molecule has 6 nitrogen and oxygen atoms in total. The Bertz CT molecular complexity index is 1030. The third kappa shape index (κ3) is 4.22. The minimum atomic E-state index is -2.44. The van der Waals surface area contributed by atoms with E-state index >= 15 is 0 Å². The fourth-order valence-electron chi connectivity index (χ4n) is 4.09. The van der Waals surface area contributed by atoms with E-state index in [2.05, 4.69) is 22.5 Å². The summed E-state index contributed by atoms with van der Waals surface area (Å²) in [5.41, 5.74) is 9.97. The van der Waals surface area contributed by atoms with E-state index in [1.54, 1.807) is 11.3 Å². The van der Waals surface area contributed by atoms with Gasteiger partial charge in [-0.25, -0.2) is 0 Å². The molecule has 0 atom stereocenters. The highest BCUT2D eigenvalue weighted by molar-refractivity contribution is 8.24. The Kier molecular flexibility index (Phi) is 5.72. The number of fused-ring (bicyclic) bond motifs is 1. The Balaban J connectivity index is 1.74. The second-order valence-corrected chi connectivity index (χ2v) is 11.1. The normalized spacial score (nSPS) is 18.2. The second kappa shape index (κ2) is 8.12. The average Bonchev–Trinajstić information content (AvgIpc) is 3.32. The molecule has 2 aromatic heterocycles. The highest BCUT2D eigenvalue weighted by atomic mass is 32.3. The maximum atomic E-state index is 12.1. The van der Waals surface area contributed by atoms with Crippen molar-refractivity contribution in [3.63, 3.8) is 0 Å². The van der Waals surface area contributed by atoms with Crippen LogP contribution in [-0.4, -0.2) is 43.2 Å². The van der Waals surface area contributed by atoms with Gasteiger partial charge < -0.3 is 15.8 Å². The highest BCUT2D eigenvalue weighted by Crippen LogP contribution is 2.49. The van der Waals surface area contributed by atoms with Crippen molar-refractivity contribution in [2.75, 3.05) is 18.1 Å². The first-order chi connectivity index (χ1) is 13.9. The first kappa shape index (κ1) is 20.4. The number of nitrogens with one attached hydrogen (secondary N) is 1. The average molecular weight is 435 g/mol. The number of nitrogens with two attached hydrogens (primary N) is 1. The van der Waals surface area contributed by atoms with Gasteiger partial charge in [-0.3, -0.25) is 13.9 Å². The van der Waals surface area contributed by atoms with Gasteiger partial charge in [-0.05, 0) is 71.9 Å². The van der Waals surface area contributed by atoms with Crippen LogP contribution in [-0.2, 0) is 6.42 Å². The number of carbonyl (C=O) groups is 1. The molecular weight excluding hydrogens is 408 g/mol. The number of aliphatic hydroxyl groups excluding tert-OH is 1. The molecule has 6 N–H and O–H groups in total. The lowest BCUT2D eigenvalue weighted by Gasteiger charge is -2.39. The summed E-state index contributed by atoms with van der Waals surface area (Å²) in [4.78, 5) is 16.5. The van der Waals surface area contributed by atoms with Gasteiger partial charge in [0.25, 0.3) is 5.91 Å². The summed E-state index contributed by atoms with van der Waals surface area (Å²) < 4.78 is 19.9. The molecular formula is C21H26N2O4S2. The number of benzene rings is 1. The van der Waals surface area contributed by atoms with Crippen molar-refractivity contribution >= 4 is 38.7 Å². The molecule has 3 aromatic rings. The molecule has 0 radical (unpaired) electrons. The Morgan fingerprint density at radius 1 is 1.21 bits per heavy atom. The molecule has 156 valence electrons. The van der Waals surface area contributed by atoms with Crippen molar-refractivity contribution in [2.45, 2.75) is 31.6 Å². The first-order valence-electron chi connectivity index (χ1n) is 9.75. The number of aryl methyl sites for hydroxylation is 1. The summed E-state index contributed by atoms with van der Waals surface area (Å²) in [6.07, 6.45) is 4.93. The van der Waals surface area contributed by atoms with Crippen LogP contribution in [0.5, 0.6) is 0 Å². The van der Waals surface area contributed by atoms with E-state index in [1.807, 2.05) is 12.3 Å². The van der Waals surface area contributed by atoms with Crippen LogP contribution < -0.4 is 5.73 Å². The molecule has 0 bridgehead atoms. The smallest absolute Gasteiger partial charge is 0.250 e. The minimum Gasteiger partial charge on any atom is -0.396 e. The summed E-state index contributed by atoms with van der Waals surface area (Å²) in [5, 5.41) is 12.1. The predicted octanol–water partition coefficient (Wildman–Crippen LogP) is 4.55. The zero-order chi connectivity index (χ0) is 20.6. The molecule has 4 rings (SSSR count). The zero-order valence-electron chi connectivity index (χ0n) is 16.1. The van der Waals surface area contributed by atoms with Crippen molar-refractivity contribution in [2.24, 2.45) is 5.73 Å². The molecule has 1 aliphatic rings. The van der Waals surface area contributed by atoms with Crippen LogP contribution in [0, 0.1) is 0 Å². The molecule has 1 amide bonds. The topological polar surface area (TPSA) is 120 Å². The minimum absolute atomic E-state index is 0.170. The number of aliphatic hydroxyl groups is 1. The summed E-state index contributed by atoms with van der Waals surface area (Å²) in [5.74, 6) is 0.595. The van der Waals surface area contributed by atoms with Gasteiger partial charge in [-0.2, -0.15) is 10.6 Å². The van der Waals surface area contributed by atoms with Crippen LogP contribution >= 0.6 is 21.9 Å². The van der Waals surface area contributed by atoms with Crippen LogP contribution in [0.1, 0.15) is 46.0 Å². The molecule has 29 heavy (non-hydrogen) atoms. The Morgan fingerprint density at radius 3 is 2.66 bits per heavy atom. The van der Waals surface area contributed by atoms with Crippen LogP contribution in [0.3, 0.4) is 0 Å². The predicted molar refractivity (Wildman–Crippen MR) is 120 cm³/mol. The standard InChI is InChI=1S/C21H26N2O4S2/c22-21(25)18-10-14(15-8-16(28-12-15)2-1-5-24)9-17-19(11-23-20(17)18)13-3-6-29(26,27)7-4-13/h8-13,23-24,26-27H,1-7H2,(H2,22,25). The molecule has 0 saturated carbocycles. The monoisotopic (exact) mass is 434 g/mol. The summed E-state index contributed by atoms with van der Waals surface area (Å²) in [7, 11) is -2.44. The number of aromatic amines is 1. The Hall–Kier alpha value is -1.84. The van der Waals surface area contributed by atoms with Gasteiger partial charge in [-0.15, -0.1) is 11.3 Å². The number of primary amides is 1. The van der Waals surface area contributed by atoms with E-state index in [-0.39, 0.29) is 12.5 Å². The summed E-state index contributed by atoms with van der Waals surface area (Å²) in [6.45, 7) is 0.170. The van der Waals surface area contributed by atoms with Crippen molar-refractivity contribution in [1.29, 1.82) is 0 Å². The van der Waals surface area contributed by atoms with Crippen LogP contribution in [0.15, 0.2) is 29.8 Å². The highest BCUT2D eigenvalue weighted by Gasteiger charge is 2.27. The second-order valence-electron chi connectivity index (χ2n) is 7.67. The third-order valence-electron chi connectivity index (χ3n) is 5.68. The fourth-order valence-corrected chi connectivity index (χ4v) is 6.56. The lowest BCUT2D eigenvalue weighted by Crippen LogP contribution is -2.19. The van der Waals surface area contributed by atoms with E-state index in [0.29, 0.717) is 17.1 Å². The van der Waals surface area contributed by atoms with Gasteiger partial charge in [0.1, 0.15) is 0 Å². The van der Waals surface area contributed by atoms with E-state index < -0.39 is 16.5 Å².